The Morgan fingerprint density at radius 1 is 0.636 bits per heavy atom. The highest BCUT2D eigenvalue weighted by molar-refractivity contribution is 6.59. The number of hydrogen-bond acceptors (Lipinski definition) is 2. The lowest BCUT2D eigenvalue weighted by molar-refractivity contribution is 1.13. The average molecular weight is 335 g/mol. The molecule has 0 saturated heterocycles. The van der Waals surface area contributed by atoms with Gasteiger partial charge >= 0.3 is 0 Å². The van der Waals surface area contributed by atoms with E-state index >= 15 is 0 Å². The van der Waals surface area contributed by atoms with Crippen molar-refractivity contribution < 1.29 is 0 Å². The van der Waals surface area contributed by atoms with Crippen LogP contribution in [0.3, 0.4) is 0 Å². The molecule has 2 aromatic rings. The zero-order chi connectivity index (χ0) is 16.3. The van der Waals surface area contributed by atoms with Crippen LogP contribution in [0, 0.1) is 0 Å². The van der Waals surface area contributed by atoms with E-state index in [9.17, 15) is 0 Å². The molecule has 22 heavy (non-hydrogen) atoms. The Balaban J connectivity index is 2.41. The van der Waals surface area contributed by atoms with Crippen molar-refractivity contribution >= 4 is 40.1 Å². The minimum Gasteiger partial charge on any atom is -0.378 e. The Bertz CT molecular complexity index is 599. The first-order valence-electron chi connectivity index (χ1n) is 7.01. The van der Waals surface area contributed by atoms with Crippen LogP contribution in [-0.4, -0.2) is 28.2 Å². The van der Waals surface area contributed by atoms with Crippen molar-refractivity contribution in [3.63, 3.8) is 0 Å². The van der Waals surface area contributed by atoms with Crippen LogP contribution in [0.4, 0.5) is 11.4 Å². The molecule has 2 rings (SSSR count). The van der Waals surface area contributed by atoms with Crippen LogP contribution in [0.25, 0.3) is 5.57 Å². The van der Waals surface area contributed by atoms with Gasteiger partial charge in [0.1, 0.15) is 4.49 Å². The van der Waals surface area contributed by atoms with Gasteiger partial charge in [-0.25, -0.2) is 0 Å². The van der Waals surface area contributed by atoms with Gasteiger partial charge in [-0.2, -0.15) is 0 Å². The molecule has 0 spiro atoms. The van der Waals surface area contributed by atoms with Crippen molar-refractivity contribution in [3.8, 4) is 0 Å². The van der Waals surface area contributed by atoms with Crippen LogP contribution in [-0.2, 0) is 0 Å². The average Bonchev–Trinajstić information content (AvgIpc) is 2.48. The number of hydrogen-bond donors (Lipinski definition) is 0. The fraction of sp³-hybridized carbons (Fsp3) is 0.222. The topological polar surface area (TPSA) is 6.48 Å². The lowest BCUT2D eigenvalue weighted by Gasteiger charge is -2.16. The second kappa shape index (κ2) is 7.08. The van der Waals surface area contributed by atoms with Crippen LogP contribution in [0.15, 0.2) is 53.0 Å². The maximum Gasteiger partial charge on any atom is 0.115 e. The Morgan fingerprint density at radius 2 is 0.955 bits per heavy atom. The predicted octanol–water partition coefficient (Wildman–Crippen LogP) is 5.01. The number of rotatable bonds is 4. The Hall–Kier alpha value is -1.64. The van der Waals surface area contributed by atoms with Gasteiger partial charge in [-0.15, -0.1) is 0 Å². The number of anilines is 2. The van der Waals surface area contributed by atoms with E-state index in [1.165, 1.54) is 0 Å². The highest BCUT2D eigenvalue weighted by Gasteiger charge is 2.10. The second-order valence-corrected chi connectivity index (χ2v) is 6.47. The van der Waals surface area contributed by atoms with Gasteiger partial charge in [0.15, 0.2) is 0 Å². The van der Waals surface area contributed by atoms with Crippen molar-refractivity contribution in [2.45, 2.75) is 0 Å². The van der Waals surface area contributed by atoms with Crippen LogP contribution in [0.5, 0.6) is 0 Å². The molecular formula is C18H20Cl2N2. The highest BCUT2D eigenvalue weighted by atomic mass is 35.5. The van der Waals surface area contributed by atoms with Crippen molar-refractivity contribution in [1.82, 2.24) is 0 Å². The fourth-order valence-electron chi connectivity index (χ4n) is 2.24. The molecule has 0 saturated carbocycles. The maximum atomic E-state index is 6.14. The van der Waals surface area contributed by atoms with E-state index in [2.05, 4.69) is 34.1 Å². The number of nitrogens with zero attached hydrogens (tertiary/aromatic N) is 2. The first-order chi connectivity index (χ1) is 10.4. The summed E-state index contributed by atoms with van der Waals surface area (Å²) in [6.07, 6.45) is 0. The van der Waals surface area contributed by atoms with Gasteiger partial charge in [-0.1, -0.05) is 47.5 Å². The summed E-state index contributed by atoms with van der Waals surface area (Å²) in [6, 6.07) is 16.4. The van der Waals surface area contributed by atoms with Gasteiger partial charge in [0.2, 0.25) is 0 Å². The Morgan fingerprint density at radius 3 is 1.18 bits per heavy atom. The molecular weight excluding hydrogens is 315 g/mol. The monoisotopic (exact) mass is 334 g/mol. The molecule has 0 atom stereocenters. The Labute approximate surface area is 142 Å². The molecule has 0 aliphatic carbocycles. The van der Waals surface area contributed by atoms with Gasteiger partial charge in [0.25, 0.3) is 0 Å². The van der Waals surface area contributed by atoms with E-state index in [4.69, 9.17) is 23.2 Å². The standard InChI is InChI=1S/C18H20Cl2N2/c1-21(2)15-9-5-13(6-10-15)17(18(19)20)14-7-11-16(12-8-14)22(3)4/h5-12H,1-4H3. The summed E-state index contributed by atoms with van der Waals surface area (Å²) in [4.78, 5) is 4.11. The molecule has 0 aliphatic heterocycles. The molecule has 0 unspecified atom stereocenters. The maximum absolute atomic E-state index is 6.14. The smallest absolute Gasteiger partial charge is 0.115 e. The van der Waals surface area contributed by atoms with E-state index in [1.807, 2.05) is 52.5 Å². The summed E-state index contributed by atoms with van der Waals surface area (Å²) in [5, 5.41) is 0. The second-order valence-electron chi connectivity index (χ2n) is 5.52. The van der Waals surface area contributed by atoms with Gasteiger partial charge < -0.3 is 9.80 Å². The van der Waals surface area contributed by atoms with Gasteiger partial charge in [0, 0.05) is 45.1 Å². The fourth-order valence-corrected chi connectivity index (χ4v) is 2.67. The number of halogens is 2. The summed E-state index contributed by atoms with van der Waals surface area (Å²) >= 11 is 12.3. The SMILES string of the molecule is CN(C)c1ccc(C(=C(Cl)Cl)c2ccc(N(C)C)cc2)cc1. The van der Waals surface area contributed by atoms with Crippen molar-refractivity contribution in [3.05, 3.63) is 64.1 Å². The molecule has 4 heteroatoms. The largest absolute Gasteiger partial charge is 0.378 e. The quantitative estimate of drug-likeness (QED) is 0.775. The van der Waals surface area contributed by atoms with Crippen molar-refractivity contribution in [2.75, 3.05) is 38.0 Å². The number of benzene rings is 2. The zero-order valence-corrected chi connectivity index (χ0v) is 14.8. The summed E-state index contributed by atoms with van der Waals surface area (Å²) < 4.78 is 0.273. The molecule has 0 radical (unpaired) electrons. The molecule has 0 N–H and O–H groups in total. The third kappa shape index (κ3) is 3.76. The summed E-state index contributed by atoms with van der Waals surface area (Å²) in [5.41, 5.74) is 5.12. The van der Waals surface area contributed by atoms with Gasteiger partial charge in [-0.3, -0.25) is 0 Å². The molecule has 0 bridgehead atoms. The van der Waals surface area contributed by atoms with E-state index in [1.54, 1.807) is 0 Å². The third-order valence-electron chi connectivity index (χ3n) is 3.53. The van der Waals surface area contributed by atoms with E-state index in [0.29, 0.717) is 0 Å². The molecule has 0 aliphatic rings. The van der Waals surface area contributed by atoms with Crippen LogP contribution in [0.1, 0.15) is 11.1 Å². The lowest BCUT2D eigenvalue weighted by atomic mass is 9.99. The lowest BCUT2D eigenvalue weighted by Crippen LogP contribution is -2.08. The van der Waals surface area contributed by atoms with E-state index in [-0.39, 0.29) is 4.49 Å². The summed E-state index contributed by atoms with van der Waals surface area (Å²) in [5.74, 6) is 0. The molecule has 2 nitrogen and oxygen atoms in total. The van der Waals surface area contributed by atoms with Crippen LogP contribution in [0.2, 0.25) is 0 Å². The van der Waals surface area contributed by atoms with Gasteiger partial charge in [0.05, 0.1) is 0 Å². The summed E-state index contributed by atoms with van der Waals surface area (Å²) in [7, 11) is 8.06. The minimum absolute atomic E-state index is 0.273. The molecule has 0 amide bonds. The molecule has 2 aromatic carbocycles. The highest BCUT2D eigenvalue weighted by Crippen LogP contribution is 2.32. The zero-order valence-electron chi connectivity index (χ0n) is 13.3. The molecule has 0 aromatic heterocycles. The first-order valence-corrected chi connectivity index (χ1v) is 7.76. The molecule has 0 heterocycles. The minimum atomic E-state index is 0.273. The van der Waals surface area contributed by atoms with E-state index < -0.39 is 0 Å². The van der Waals surface area contributed by atoms with Gasteiger partial charge in [-0.05, 0) is 35.4 Å². The van der Waals surface area contributed by atoms with Crippen LogP contribution < -0.4 is 9.80 Å². The summed E-state index contributed by atoms with van der Waals surface area (Å²) in [6.45, 7) is 0. The first kappa shape index (κ1) is 16.7. The van der Waals surface area contributed by atoms with Crippen LogP contribution >= 0.6 is 23.2 Å². The predicted molar refractivity (Wildman–Crippen MR) is 99.3 cm³/mol. The molecule has 116 valence electrons. The molecule has 0 fully saturated rings. The Kier molecular flexibility index (Phi) is 5.38. The third-order valence-corrected chi connectivity index (χ3v) is 3.91. The van der Waals surface area contributed by atoms with Crippen molar-refractivity contribution in [1.29, 1.82) is 0 Å². The normalized spacial score (nSPS) is 10.3. The van der Waals surface area contributed by atoms with E-state index in [0.717, 1.165) is 28.1 Å². The van der Waals surface area contributed by atoms with Crippen molar-refractivity contribution in [2.24, 2.45) is 0 Å².